The molecule has 0 rings (SSSR count). The number of rotatable bonds is 51. The number of hydrogen-bond donors (Lipinski definition) is 5. The van der Waals surface area contributed by atoms with Crippen molar-refractivity contribution in [3.05, 3.63) is 24.3 Å². The maximum absolute atomic E-state index is 12.6. The molecule has 0 bridgehead atoms. The SMILES string of the molecule is CCCCCCCCCCCCCCCCCC/C=C/CC/C=C/CCCC(O)C(O)C(CO)NC(=O)C(O)CCCCCCCCCCCCCCCCCCCCCCC. The summed E-state index contributed by atoms with van der Waals surface area (Å²) in [4.78, 5) is 12.6. The van der Waals surface area contributed by atoms with Crippen LogP contribution in [0.3, 0.4) is 0 Å². The van der Waals surface area contributed by atoms with E-state index in [1.54, 1.807) is 0 Å². The number of aliphatic hydroxyl groups excluding tert-OH is 4. The Labute approximate surface area is 386 Å². The lowest BCUT2D eigenvalue weighted by Gasteiger charge is -2.27. The van der Waals surface area contributed by atoms with Crippen molar-refractivity contribution in [1.82, 2.24) is 5.32 Å². The van der Waals surface area contributed by atoms with Crippen molar-refractivity contribution in [3.8, 4) is 0 Å². The van der Waals surface area contributed by atoms with Gasteiger partial charge in [-0.25, -0.2) is 0 Å². The number of unbranched alkanes of at least 4 members (excludes halogenated alkanes) is 38. The van der Waals surface area contributed by atoms with Crippen LogP contribution in [0.15, 0.2) is 24.3 Å². The first-order valence-corrected chi connectivity index (χ1v) is 27.7. The van der Waals surface area contributed by atoms with Gasteiger partial charge in [0.1, 0.15) is 12.2 Å². The molecule has 0 aliphatic rings. The van der Waals surface area contributed by atoms with Crippen LogP contribution in [0.4, 0.5) is 0 Å². The van der Waals surface area contributed by atoms with Gasteiger partial charge in [-0.3, -0.25) is 4.79 Å². The Hall–Kier alpha value is -1.21. The summed E-state index contributed by atoms with van der Waals surface area (Å²) >= 11 is 0. The zero-order chi connectivity index (χ0) is 45.2. The Kier molecular flexibility index (Phi) is 49.8. The molecule has 0 spiro atoms. The van der Waals surface area contributed by atoms with Gasteiger partial charge in [0.15, 0.2) is 0 Å². The van der Waals surface area contributed by atoms with Gasteiger partial charge in [0.25, 0.3) is 0 Å². The number of amides is 1. The van der Waals surface area contributed by atoms with E-state index in [4.69, 9.17) is 0 Å². The number of allylic oxidation sites excluding steroid dienone is 4. The van der Waals surface area contributed by atoms with Crippen molar-refractivity contribution in [2.24, 2.45) is 0 Å². The normalized spacial score (nSPS) is 14.0. The molecule has 0 fully saturated rings. The van der Waals surface area contributed by atoms with Gasteiger partial charge in [-0.2, -0.15) is 0 Å². The highest BCUT2D eigenvalue weighted by Gasteiger charge is 2.28. The molecular weight excluding hydrogens is 767 g/mol. The van der Waals surface area contributed by atoms with Crippen molar-refractivity contribution >= 4 is 5.91 Å². The van der Waals surface area contributed by atoms with Crippen LogP contribution in [0.25, 0.3) is 0 Å². The van der Waals surface area contributed by atoms with E-state index in [1.165, 1.54) is 225 Å². The molecule has 0 saturated carbocycles. The first-order valence-electron chi connectivity index (χ1n) is 27.7. The number of hydrogen-bond acceptors (Lipinski definition) is 5. The van der Waals surface area contributed by atoms with Crippen LogP contribution in [0, 0.1) is 0 Å². The molecule has 5 N–H and O–H groups in total. The molecule has 0 aromatic rings. The summed E-state index contributed by atoms with van der Waals surface area (Å²) in [5.41, 5.74) is 0. The van der Waals surface area contributed by atoms with E-state index in [-0.39, 0.29) is 0 Å². The summed E-state index contributed by atoms with van der Waals surface area (Å²) in [7, 11) is 0. The zero-order valence-corrected chi connectivity index (χ0v) is 41.6. The van der Waals surface area contributed by atoms with Crippen LogP contribution < -0.4 is 5.32 Å². The topological polar surface area (TPSA) is 110 Å². The average molecular weight is 876 g/mol. The molecule has 4 atom stereocenters. The first-order chi connectivity index (χ1) is 30.5. The van der Waals surface area contributed by atoms with Crippen molar-refractivity contribution in [1.29, 1.82) is 0 Å². The fourth-order valence-electron chi connectivity index (χ4n) is 8.78. The van der Waals surface area contributed by atoms with Gasteiger partial charge in [0.05, 0.1) is 18.8 Å². The Balaban J connectivity index is 3.68. The van der Waals surface area contributed by atoms with Crippen LogP contribution in [-0.4, -0.2) is 57.3 Å². The summed E-state index contributed by atoms with van der Waals surface area (Å²) < 4.78 is 0. The van der Waals surface area contributed by atoms with Gasteiger partial charge in [-0.1, -0.05) is 269 Å². The zero-order valence-electron chi connectivity index (χ0n) is 41.6. The average Bonchev–Trinajstić information content (AvgIpc) is 3.28. The van der Waals surface area contributed by atoms with Crippen molar-refractivity contribution in [2.45, 2.75) is 321 Å². The van der Waals surface area contributed by atoms with Crippen LogP contribution in [0.1, 0.15) is 296 Å². The molecule has 62 heavy (non-hydrogen) atoms. The van der Waals surface area contributed by atoms with E-state index in [0.717, 1.165) is 38.5 Å². The monoisotopic (exact) mass is 876 g/mol. The molecule has 0 aliphatic carbocycles. The lowest BCUT2D eigenvalue weighted by Crippen LogP contribution is -2.53. The lowest BCUT2D eigenvalue weighted by atomic mass is 10.00. The third-order valence-electron chi connectivity index (χ3n) is 13.1. The second-order valence-corrected chi connectivity index (χ2v) is 19.3. The molecule has 4 unspecified atom stereocenters. The van der Waals surface area contributed by atoms with Gasteiger partial charge in [0.2, 0.25) is 5.91 Å². The van der Waals surface area contributed by atoms with Crippen molar-refractivity contribution < 1.29 is 25.2 Å². The molecule has 0 heterocycles. The largest absolute Gasteiger partial charge is 0.394 e. The molecule has 1 amide bonds. The fraction of sp³-hybridized carbons (Fsp3) is 0.911. The molecular formula is C56H109NO5. The number of aliphatic hydroxyl groups is 4. The third kappa shape index (κ3) is 44.0. The Morgan fingerprint density at radius 1 is 0.387 bits per heavy atom. The Bertz CT molecular complexity index is 939. The van der Waals surface area contributed by atoms with Crippen LogP contribution in [0.2, 0.25) is 0 Å². The van der Waals surface area contributed by atoms with E-state index in [2.05, 4.69) is 43.5 Å². The summed E-state index contributed by atoms with van der Waals surface area (Å²) in [6.07, 6.45) is 61.0. The smallest absolute Gasteiger partial charge is 0.249 e. The van der Waals surface area contributed by atoms with E-state index < -0.39 is 36.9 Å². The number of carbonyl (C=O) groups excluding carboxylic acids is 1. The molecule has 6 nitrogen and oxygen atoms in total. The minimum absolute atomic E-state index is 0.364. The number of nitrogens with one attached hydrogen (secondary N) is 1. The lowest BCUT2D eigenvalue weighted by molar-refractivity contribution is -0.132. The Morgan fingerprint density at radius 3 is 1.02 bits per heavy atom. The van der Waals surface area contributed by atoms with Gasteiger partial charge in [-0.05, 0) is 51.4 Å². The summed E-state index contributed by atoms with van der Waals surface area (Å²) in [5, 5.41) is 43.9. The summed E-state index contributed by atoms with van der Waals surface area (Å²) in [5.74, 6) is -0.592. The van der Waals surface area contributed by atoms with Gasteiger partial charge in [0, 0.05) is 0 Å². The van der Waals surface area contributed by atoms with Gasteiger partial charge in [-0.15, -0.1) is 0 Å². The maximum Gasteiger partial charge on any atom is 0.249 e. The van der Waals surface area contributed by atoms with Crippen LogP contribution >= 0.6 is 0 Å². The summed E-state index contributed by atoms with van der Waals surface area (Å²) in [6.45, 7) is 4.07. The van der Waals surface area contributed by atoms with E-state index >= 15 is 0 Å². The highest BCUT2D eigenvalue weighted by Crippen LogP contribution is 2.18. The van der Waals surface area contributed by atoms with Gasteiger partial charge < -0.3 is 25.7 Å². The molecule has 0 saturated heterocycles. The quantitative estimate of drug-likeness (QED) is 0.0309. The molecule has 0 aromatic carbocycles. The predicted octanol–water partition coefficient (Wildman–Crippen LogP) is 15.9. The second kappa shape index (κ2) is 50.8. The van der Waals surface area contributed by atoms with Crippen LogP contribution in [0.5, 0.6) is 0 Å². The summed E-state index contributed by atoms with van der Waals surface area (Å²) in [6, 6.07) is -1.01. The standard InChI is InChI=1S/C56H109NO5/c1-3-5-7-9-11-13-15-17-19-21-23-25-26-27-28-30-31-33-35-37-39-41-43-45-47-49-53(59)55(61)52(51-58)57-56(62)54(60)50-48-46-44-42-40-38-36-34-32-29-24-22-20-18-16-14-12-10-8-6-4-2/h33,35,41,43,52-55,58-61H,3-32,34,36-40,42,44-51H2,1-2H3,(H,57,62)/b35-33+,43-41+. The fourth-order valence-corrected chi connectivity index (χ4v) is 8.78. The van der Waals surface area contributed by atoms with E-state index in [0.29, 0.717) is 19.3 Å². The molecule has 0 radical (unpaired) electrons. The third-order valence-corrected chi connectivity index (χ3v) is 13.1. The first kappa shape index (κ1) is 60.8. The Morgan fingerprint density at radius 2 is 0.677 bits per heavy atom. The highest BCUT2D eigenvalue weighted by atomic mass is 16.3. The molecule has 0 aromatic heterocycles. The van der Waals surface area contributed by atoms with Crippen LogP contribution in [-0.2, 0) is 4.79 Å². The molecule has 368 valence electrons. The van der Waals surface area contributed by atoms with E-state index in [9.17, 15) is 25.2 Å². The second-order valence-electron chi connectivity index (χ2n) is 19.3. The van der Waals surface area contributed by atoms with Crippen molar-refractivity contribution in [2.75, 3.05) is 6.61 Å². The molecule has 0 aliphatic heterocycles. The minimum Gasteiger partial charge on any atom is -0.394 e. The minimum atomic E-state index is -1.29. The van der Waals surface area contributed by atoms with Crippen molar-refractivity contribution in [3.63, 3.8) is 0 Å². The highest BCUT2D eigenvalue weighted by molar-refractivity contribution is 5.80. The number of carbonyl (C=O) groups is 1. The molecule has 6 heteroatoms. The maximum atomic E-state index is 12.6. The van der Waals surface area contributed by atoms with Gasteiger partial charge >= 0.3 is 0 Å². The van der Waals surface area contributed by atoms with E-state index in [1.807, 2.05) is 0 Å². The predicted molar refractivity (Wildman–Crippen MR) is 270 cm³/mol.